The van der Waals surface area contributed by atoms with Gasteiger partial charge in [0.25, 0.3) is 11.5 Å². The highest BCUT2D eigenvalue weighted by molar-refractivity contribution is 7.16. The van der Waals surface area contributed by atoms with Crippen molar-refractivity contribution in [3.05, 3.63) is 82.7 Å². The summed E-state index contributed by atoms with van der Waals surface area (Å²) in [6.45, 7) is 1.16. The Morgan fingerprint density at radius 3 is 2.65 bits per heavy atom. The molecular weight excluding hydrogens is 414 g/mol. The molecule has 1 atom stereocenters. The van der Waals surface area contributed by atoms with Crippen molar-refractivity contribution < 1.29 is 14.3 Å². The molecule has 0 radical (unpaired) electrons. The van der Waals surface area contributed by atoms with Crippen LogP contribution in [0.1, 0.15) is 6.92 Å². The van der Waals surface area contributed by atoms with Crippen LogP contribution in [0.5, 0.6) is 0 Å². The van der Waals surface area contributed by atoms with Gasteiger partial charge >= 0.3 is 5.97 Å². The van der Waals surface area contributed by atoms with Crippen LogP contribution in [0.15, 0.2) is 77.2 Å². The fourth-order valence-electron chi connectivity index (χ4n) is 3.13. The maximum absolute atomic E-state index is 12.6. The summed E-state index contributed by atoms with van der Waals surface area (Å²) in [7, 11) is 0. The molecule has 2 aromatic carbocycles. The van der Waals surface area contributed by atoms with Gasteiger partial charge in [-0.05, 0) is 30.0 Å². The van der Waals surface area contributed by atoms with Crippen LogP contribution in [-0.4, -0.2) is 27.5 Å². The van der Waals surface area contributed by atoms with Gasteiger partial charge in [0.05, 0.1) is 11.7 Å². The molecule has 4 rings (SSSR count). The zero-order chi connectivity index (χ0) is 21.8. The number of anilines is 1. The lowest BCUT2D eigenvalue weighted by Gasteiger charge is -2.16. The van der Waals surface area contributed by atoms with Crippen molar-refractivity contribution in [1.82, 2.24) is 9.55 Å². The number of esters is 1. The van der Waals surface area contributed by atoms with Crippen LogP contribution in [0.25, 0.3) is 21.3 Å². The standard InChI is InChI=1S/C23H19N3O4S/c1-15(30-20(27)13-26-14-24-22-18(23(26)29)11-12-31-22)21(28)25-19-10-6-5-9-17(19)16-7-3-2-4-8-16/h2-12,14-15H,13H2,1H3,(H,25,28). The van der Waals surface area contributed by atoms with Crippen LogP contribution in [0.3, 0.4) is 0 Å². The average molecular weight is 433 g/mol. The molecule has 1 unspecified atom stereocenters. The monoisotopic (exact) mass is 433 g/mol. The number of amides is 1. The number of benzene rings is 2. The summed E-state index contributed by atoms with van der Waals surface area (Å²) in [6, 6.07) is 18.7. The van der Waals surface area contributed by atoms with Gasteiger partial charge in [0, 0.05) is 11.3 Å². The maximum atomic E-state index is 12.6. The first-order valence-electron chi connectivity index (χ1n) is 9.60. The number of aromatic nitrogens is 2. The van der Waals surface area contributed by atoms with E-state index in [9.17, 15) is 14.4 Å². The first-order chi connectivity index (χ1) is 15.0. The summed E-state index contributed by atoms with van der Waals surface area (Å²) in [5, 5.41) is 5.03. The van der Waals surface area contributed by atoms with E-state index in [2.05, 4.69) is 10.3 Å². The fraction of sp³-hybridized carbons (Fsp3) is 0.130. The number of thiophene rings is 1. The quantitative estimate of drug-likeness (QED) is 0.468. The van der Waals surface area contributed by atoms with E-state index in [4.69, 9.17) is 4.74 Å². The molecule has 0 aliphatic rings. The Bertz CT molecular complexity index is 1300. The molecule has 1 N–H and O–H groups in total. The van der Waals surface area contributed by atoms with Gasteiger partial charge in [-0.2, -0.15) is 0 Å². The van der Waals surface area contributed by atoms with Gasteiger partial charge < -0.3 is 10.1 Å². The largest absolute Gasteiger partial charge is 0.451 e. The fourth-order valence-corrected chi connectivity index (χ4v) is 3.85. The Hall–Kier alpha value is -3.78. The number of hydrogen-bond acceptors (Lipinski definition) is 6. The molecule has 2 heterocycles. The third-order valence-corrected chi connectivity index (χ3v) is 5.52. The Morgan fingerprint density at radius 2 is 1.84 bits per heavy atom. The number of fused-ring (bicyclic) bond motifs is 1. The third kappa shape index (κ3) is 4.54. The van der Waals surface area contributed by atoms with Crippen molar-refractivity contribution in [3.8, 4) is 11.1 Å². The summed E-state index contributed by atoms with van der Waals surface area (Å²) >= 11 is 1.35. The molecule has 2 aromatic heterocycles. The van der Waals surface area contributed by atoms with Crippen molar-refractivity contribution in [3.63, 3.8) is 0 Å². The Kier molecular flexibility index (Phi) is 5.90. The average Bonchev–Trinajstić information content (AvgIpc) is 3.26. The second kappa shape index (κ2) is 8.93. The minimum atomic E-state index is -1.04. The summed E-state index contributed by atoms with van der Waals surface area (Å²) in [6.07, 6.45) is 0.272. The van der Waals surface area contributed by atoms with Crippen molar-refractivity contribution >= 4 is 39.1 Å². The highest BCUT2D eigenvalue weighted by atomic mass is 32.1. The maximum Gasteiger partial charge on any atom is 0.326 e. The van der Waals surface area contributed by atoms with E-state index in [0.717, 1.165) is 11.1 Å². The molecule has 156 valence electrons. The molecule has 0 saturated carbocycles. The molecular formula is C23H19N3O4S. The van der Waals surface area contributed by atoms with E-state index in [1.807, 2.05) is 48.5 Å². The number of nitrogens with one attached hydrogen (secondary N) is 1. The van der Waals surface area contributed by atoms with Gasteiger partial charge in [-0.1, -0.05) is 48.5 Å². The van der Waals surface area contributed by atoms with E-state index >= 15 is 0 Å². The zero-order valence-electron chi connectivity index (χ0n) is 16.6. The number of nitrogens with zero attached hydrogens (tertiary/aromatic N) is 2. The van der Waals surface area contributed by atoms with Gasteiger partial charge in [-0.15, -0.1) is 11.3 Å². The topological polar surface area (TPSA) is 90.3 Å². The Balaban J connectivity index is 1.43. The van der Waals surface area contributed by atoms with E-state index in [-0.39, 0.29) is 12.1 Å². The van der Waals surface area contributed by atoms with Crippen molar-refractivity contribution in [2.75, 3.05) is 5.32 Å². The predicted molar refractivity (Wildman–Crippen MR) is 120 cm³/mol. The van der Waals surface area contributed by atoms with Crippen LogP contribution < -0.4 is 10.9 Å². The molecule has 0 fully saturated rings. The normalized spacial score (nSPS) is 11.8. The number of carbonyl (C=O) groups excluding carboxylic acids is 2. The molecule has 7 nitrogen and oxygen atoms in total. The van der Waals surface area contributed by atoms with Crippen LogP contribution in [0, 0.1) is 0 Å². The predicted octanol–water partition coefficient (Wildman–Crippen LogP) is 3.70. The van der Waals surface area contributed by atoms with E-state index in [1.54, 1.807) is 17.5 Å². The van der Waals surface area contributed by atoms with Gasteiger partial charge in [0.15, 0.2) is 6.10 Å². The Labute approximate surface area is 181 Å². The lowest BCUT2D eigenvalue weighted by atomic mass is 10.0. The van der Waals surface area contributed by atoms with E-state index < -0.39 is 18.0 Å². The molecule has 0 spiro atoms. The summed E-state index contributed by atoms with van der Waals surface area (Å²) in [5.74, 6) is -1.16. The van der Waals surface area contributed by atoms with E-state index in [0.29, 0.717) is 15.9 Å². The van der Waals surface area contributed by atoms with Gasteiger partial charge in [-0.3, -0.25) is 19.0 Å². The summed E-state index contributed by atoms with van der Waals surface area (Å²) < 4.78 is 6.42. The summed E-state index contributed by atoms with van der Waals surface area (Å²) in [4.78, 5) is 42.1. The van der Waals surface area contributed by atoms with Crippen molar-refractivity contribution in [1.29, 1.82) is 0 Å². The van der Waals surface area contributed by atoms with Crippen LogP contribution in [0.4, 0.5) is 5.69 Å². The van der Waals surface area contributed by atoms with Crippen LogP contribution in [0.2, 0.25) is 0 Å². The molecule has 31 heavy (non-hydrogen) atoms. The first-order valence-corrected chi connectivity index (χ1v) is 10.5. The minimum absolute atomic E-state index is 0.322. The van der Waals surface area contributed by atoms with Crippen LogP contribution >= 0.6 is 11.3 Å². The molecule has 0 aliphatic carbocycles. The van der Waals surface area contributed by atoms with Crippen molar-refractivity contribution in [2.24, 2.45) is 0 Å². The molecule has 1 amide bonds. The molecule has 8 heteroatoms. The van der Waals surface area contributed by atoms with Gasteiger partial charge in [0.2, 0.25) is 0 Å². The highest BCUT2D eigenvalue weighted by Gasteiger charge is 2.20. The zero-order valence-corrected chi connectivity index (χ0v) is 17.5. The number of para-hydroxylation sites is 1. The van der Waals surface area contributed by atoms with E-state index in [1.165, 1.54) is 29.2 Å². The molecule has 0 aliphatic heterocycles. The lowest BCUT2D eigenvalue weighted by Crippen LogP contribution is -2.33. The minimum Gasteiger partial charge on any atom is -0.451 e. The molecule has 0 saturated heterocycles. The first kappa shape index (κ1) is 20.5. The highest BCUT2D eigenvalue weighted by Crippen LogP contribution is 2.27. The summed E-state index contributed by atoms with van der Waals surface area (Å²) in [5.41, 5.74) is 2.11. The van der Waals surface area contributed by atoms with Crippen LogP contribution in [-0.2, 0) is 20.9 Å². The van der Waals surface area contributed by atoms with Gasteiger partial charge in [0.1, 0.15) is 11.4 Å². The number of carbonyl (C=O) groups is 2. The number of rotatable bonds is 6. The van der Waals surface area contributed by atoms with Crippen molar-refractivity contribution in [2.45, 2.75) is 19.6 Å². The SMILES string of the molecule is CC(OC(=O)Cn1cnc2sccc2c1=O)C(=O)Nc1ccccc1-c1ccccc1. The number of ether oxygens (including phenoxy) is 1. The smallest absolute Gasteiger partial charge is 0.326 e. The number of hydrogen-bond donors (Lipinski definition) is 1. The molecule has 0 bridgehead atoms. The van der Waals surface area contributed by atoms with Gasteiger partial charge in [-0.25, -0.2) is 4.98 Å². The molecule has 4 aromatic rings. The third-order valence-electron chi connectivity index (χ3n) is 4.70. The second-order valence-electron chi connectivity index (χ2n) is 6.85. The lowest BCUT2D eigenvalue weighted by molar-refractivity contribution is -0.153. The Morgan fingerprint density at radius 1 is 1.10 bits per heavy atom. The second-order valence-corrected chi connectivity index (χ2v) is 7.74.